The highest BCUT2D eigenvalue weighted by Gasteiger charge is 2.09. The van der Waals surface area contributed by atoms with Crippen LogP contribution in [0.5, 0.6) is 11.6 Å². The highest BCUT2D eigenvalue weighted by atomic mass is 79.9. The molecule has 2 rings (SSSR count). The van der Waals surface area contributed by atoms with E-state index in [0.717, 1.165) is 0 Å². The Kier molecular flexibility index (Phi) is 3.78. The number of ether oxygens (including phenoxy) is 1. The minimum atomic E-state index is -1.05. The Hall–Kier alpha value is -2.39. The summed E-state index contributed by atoms with van der Waals surface area (Å²) in [6.07, 6.45) is 1.45. The highest BCUT2D eigenvalue weighted by Crippen LogP contribution is 2.30. The number of halogens is 1. The number of pyridine rings is 1. The van der Waals surface area contributed by atoms with Gasteiger partial charge in [-0.15, -0.1) is 0 Å². The summed E-state index contributed by atoms with van der Waals surface area (Å²) in [4.78, 5) is 14.8. The minimum absolute atomic E-state index is 0.106. The zero-order valence-corrected chi connectivity index (χ0v) is 11.1. The number of benzene rings is 1. The molecule has 6 heteroatoms. The van der Waals surface area contributed by atoms with Crippen molar-refractivity contribution in [3.8, 4) is 17.7 Å². The van der Waals surface area contributed by atoms with Crippen LogP contribution >= 0.6 is 15.9 Å². The predicted octanol–water partition coefficient (Wildman–Crippen LogP) is 3.21. The number of carbonyl (C=O) groups is 1. The second-order valence-corrected chi connectivity index (χ2v) is 4.40. The van der Waals surface area contributed by atoms with Gasteiger partial charge in [0.15, 0.2) is 0 Å². The monoisotopic (exact) mass is 318 g/mol. The standard InChI is InChI=1S/C13H7BrN2O3/c14-10-2-1-9(13(17)18)6-11(10)19-12-5-8(7-15)3-4-16-12/h1-6H,(H,17,18). The predicted molar refractivity (Wildman–Crippen MR) is 70.1 cm³/mol. The van der Waals surface area contributed by atoms with Gasteiger partial charge in [0.2, 0.25) is 5.88 Å². The average molecular weight is 319 g/mol. The lowest BCUT2D eigenvalue weighted by Gasteiger charge is -2.07. The summed E-state index contributed by atoms with van der Waals surface area (Å²) in [5.41, 5.74) is 0.519. The van der Waals surface area contributed by atoms with Gasteiger partial charge in [0.05, 0.1) is 21.7 Å². The molecule has 0 fully saturated rings. The summed E-state index contributed by atoms with van der Waals surface area (Å²) >= 11 is 3.26. The molecule has 5 nitrogen and oxygen atoms in total. The van der Waals surface area contributed by atoms with Gasteiger partial charge in [-0.1, -0.05) is 0 Å². The van der Waals surface area contributed by atoms with E-state index in [1.807, 2.05) is 6.07 Å². The molecule has 0 aliphatic rings. The van der Waals surface area contributed by atoms with Crippen LogP contribution in [0.15, 0.2) is 41.0 Å². The molecule has 0 bridgehead atoms. The van der Waals surface area contributed by atoms with Gasteiger partial charge in [-0.2, -0.15) is 5.26 Å². The molecule has 1 aromatic carbocycles. The van der Waals surface area contributed by atoms with Crippen molar-refractivity contribution in [3.63, 3.8) is 0 Å². The maximum atomic E-state index is 10.9. The van der Waals surface area contributed by atoms with Gasteiger partial charge in [-0.3, -0.25) is 0 Å². The van der Waals surface area contributed by atoms with Crippen LogP contribution in [0, 0.1) is 11.3 Å². The number of carboxylic acids is 1. The highest BCUT2D eigenvalue weighted by molar-refractivity contribution is 9.10. The molecule has 94 valence electrons. The van der Waals surface area contributed by atoms with Gasteiger partial charge in [0.25, 0.3) is 0 Å². The van der Waals surface area contributed by atoms with Crippen LogP contribution in [-0.2, 0) is 0 Å². The van der Waals surface area contributed by atoms with Crippen molar-refractivity contribution in [1.82, 2.24) is 4.98 Å². The minimum Gasteiger partial charge on any atom is -0.478 e. The van der Waals surface area contributed by atoms with E-state index in [-0.39, 0.29) is 11.4 Å². The van der Waals surface area contributed by atoms with E-state index in [0.29, 0.717) is 15.8 Å². The molecule has 2 aromatic rings. The molecule has 1 heterocycles. The Labute approximate surface area is 117 Å². The third-order valence-corrected chi connectivity index (χ3v) is 2.91. The lowest BCUT2D eigenvalue weighted by atomic mass is 10.2. The van der Waals surface area contributed by atoms with E-state index >= 15 is 0 Å². The quantitative estimate of drug-likeness (QED) is 0.939. The molecule has 0 aliphatic heterocycles. The Balaban J connectivity index is 2.34. The van der Waals surface area contributed by atoms with Crippen LogP contribution < -0.4 is 4.74 Å². The van der Waals surface area contributed by atoms with Crippen molar-refractivity contribution in [2.45, 2.75) is 0 Å². The first-order valence-corrected chi connectivity index (χ1v) is 5.96. The normalized spacial score (nSPS) is 9.68. The first-order chi connectivity index (χ1) is 9.10. The fourth-order valence-electron chi connectivity index (χ4n) is 1.36. The molecule has 1 aromatic heterocycles. The van der Waals surface area contributed by atoms with E-state index in [1.165, 1.54) is 24.4 Å². The fourth-order valence-corrected chi connectivity index (χ4v) is 1.69. The molecule has 19 heavy (non-hydrogen) atoms. The maximum absolute atomic E-state index is 10.9. The number of hydrogen-bond acceptors (Lipinski definition) is 4. The van der Waals surface area contributed by atoms with Crippen LogP contribution in [0.4, 0.5) is 0 Å². The van der Waals surface area contributed by atoms with Crippen LogP contribution in [-0.4, -0.2) is 16.1 Å². The van der Waals surface area contributed by atoms with Gasteiger partial charge in [0.1, 0.15) is 5.75 Å². The molecule has 0 amide bonds. The molecular formula is C13H7BrN2O3. The first-order valence-electron chi connectivity index (χ1n) is 5.17. The van der Waals surface area contributed by atoms with Gasteiger partial charge >= 0.3 is 5.97 Å². The van der Waals surface area contributed by atoms with Crippen molar-refractivity contribution in [1.29, 1.82) is 5.26 Å². The SMILES string of the molecule is N#Cc1ccnc(Oc2cc(C(=O)O)ccc2Br)c1. The molecule has 0 unspecified atom stereocenters. The molecule has 0 aliphatic carbocycles. The lowest BCUT2D eigenvalue weighted by Crippen LogP contribution is -1.97. The number of aromatic carboxylic acids is 1. The second-order valence-electron chi connectivity index (χ2n) is 3.55. The Morgan fingerprint density at radius 1 is 1.37 bits per heavy atom. The van der Waals surface area contributed by atoms with Crippen LogP contribution in [0.2, 0.25) is 0 Å². The molecule has 0 radical (unpaired) electrons. The third kappa shape index (κ3) is 3.09. The number of aromatic nitrogens is 1. The lowest BCUT2D eigenvalue weighted by molar-refractivity contribution is 0.0696. The van der Waals surface area contributed by atoms with E-state index in [1.54, 1.807) is 12.1 Å². The zero-order chi connectivity index (χ0) is 13.8. The van der Waals surface area contributed by atoms with Gasteiger partial charge < -0.3 is 9.84 Å². The number of hydrogen-bond donors (Lipinski definition) is 1. The number of rotatable bonds is 3. The fraction of sp³-hybridized carbons (Fsp3) is 0. The Morgan fingerprint density at radius 2 is 2.16 bits per heavy atom. The molecule has 0 atom stereocenters. The first kappa shape index (κ1) is 13.1. The van der Waals surface area contributed by atoms with Crippen molar-refractivity contribution in [3.05, 3.63) is 52.1 Å². The van der Waals surface area contributed by atoms with Gasteiger partial charge in [0, 0.05) is 12.3 Å². The summed E-state index contributed by atoms with van der Waals surface area (Å²) in [5, 5.41) is 17.7. The molecule has 0 spiro atoms. The van der Waals surface area contributed by atoms with Crippen LogP contribution in [0.1, 0.15) is 15.9 Å². The third-order valence-electron chi connectivity index (χ3n) is 2.26. The second kappa shape index (κ2) is 5.50. The van der Waals surface area contributed by atoms with Crippen molar-refractivity contribution in [2.75, 3.05) is 0 Å². The topological polar surface area (TPSA) is 83.2 Å². The van der Waals surface area contributed by atoms with Crippen molar-refractivity contribution >= 4 is 21.9 Å². The summed E-state index contributed by atoms with van der Waals surface area (Å²) in [6.45, 7) is 0. The molecule has 0 saturated carbocycles. The van der Waals surface area contributed by atoms with E-state index < -0.39 is 5.97 Å². The molecule has 0 saturated heterocycles. The maximum Gasteiger partial charge on any atom is 0.335 e. The summed E-state index contributed by atoms with van der Waals surface area (Å²) < 4.78 is 6.07. The van der Waals surface area contributed by atoms with E-state index in [9.17, 15) is 4.79 Å². The summed E-state index contributed by atoms with van der Waals surface area (Å²) in [6, 6.07) is 9.41. The summed E-state index contributed by atoms with van der Waals surface area (Å²) in [5.74, 6) is -0.499. The van der Waals surface area contributed by atoms with Crippen LogP contribution in [0.25, 0.3) is 0 Å². The molecular weight excluding hydrogens is 312 g/mol. The summed E-state index contributed by atoms with van der Waals surface area (Å²) in [7, 11) is 0. The van der Waals surface area contributed by atoms with Gasteiger partial charge in [-0.05, 0) is 40.2 Å². The molecule has 1 N–H and O–H groups in total. The number of nitriles is 1. The number of carboxylic acid groups (broad SMARTS) is 1. The zero-order valence-electron chi connectivity index (χ0n) is 9.50. The average Bonchev–Trinajstić information content (AvgIpc) is 2.41. The van der Waals surface area contributed by atoms with E-state index in [4.69, 9.17) is 15.1 Å². The van der Waals surface area contributed by atoms with Crippen molar-refractivity contribution in [2.24, 2.45) is 0 Å². The smallest absolute Gasteiger partial charge is 0.335 e. The Morgan fingerprint density at radius 3 is 2.84 bits per heavy atom. The Bertz CT molecular complexity index is 680. The van der Waals surface area contributed by atoms with Gasteiger partial charge in [-0.25, -0.2) is 9.78 Å². The van der Waals surface area contributed by atoms with Crippen LogP contribution in [0.3, 0.4) is 0 Å². The van der Waals surface area contributed by atoms with Crippen molar-refractivity contribution < 1.29 is 14.6 Å². The van der Waals surface area contributed by atoms with E-state index in [2.05, 4.69) is 20.9 Å². The number of nitrogens with zero attached hydrogens (tertiary/aromatic N) is 2. The largest absolute Gasteiger partial charge is 0.478 e.